The number of urea groups is 1. The minimum atomic E-state index is -0.513. The monoisotopic (exact) mass is 482 g/mol. The van der Waals surface area contributed by atoms with Crippen molar-refractivity contribution in [1.82, 2.24) is 4.90 Å². The number of hydrogen-bond acceptors (Lipinski definition) is 7. The van der Waals surface area contributed by atoms with Crippen molar-refractivity contribution in [3.8, 4) is 17.2 Å². The van der Waals surface area contributed by atoms with E-state index in [0.717, 1.165) is 27.8 Å². The lowest BCUT2D eigenvalue weighted by atomic mass is 9.98. The van der Waals surface area contributed by atoms with Gasteiger partial charge >= 0.3 is 6.03 Å². The fraction of sp³-hybridized carbons (Fsp3) is 0.400. The summed E-state index contributed by atoms with van der Waals surface area (Å²) in [5.41, 5.74) is 2.05. The van der Waals surface area contributed by atoms with Crippen LogP contribution in [-0.4, -0.2) is 67.5 Å². The van der Waals surface area contributed by atoms with Crippen LogP contribution in [0.15, 0.2) is 52.4 Å². The molecular formula is C25H30N4O4S. The zero-order valence-corrected chi connectivity index (χ0v) is 20.8. The maximum absolute atomic E-state index is 12.9. The molecule has 34 heavy (non-hydrogen) atoms. The van der Waals surface area contributed by atoms with E-state index in [-0.39, 0.29) is 6.03 Å². The van der Waals surface area contributed by atoms with E-state index in [4.69, 9.17) is 24.2 Å². The number of hydrogen-bond donors (Lipinski definition) is 1. The van der Waals surface area contributed by atoms with Gasteiger partial charge in [0, 0.05) is 37.6 Å². The second-order valence-electron chi connectivity index (χ2n) is 8.00. The van der Waals surface area contributed by atoms with E-state index in [1.54, 1.807) is 56.2 Å². The van der Waals surface area contributed by atoms with E-state index in [1.165, 1.54) is 0 Å². The van der Waals surface area contributed by atoms with Crippen LogP contribution >= 0.6 is 11.8 Å². The van der Waals surface area contributed by atoms with Crippen molar-refractivity contribution in [2.24, 2.45) is 9.98 Å². The molecule has 0 unspecified atom stereocenters. The first kappa shape index (κ1) is 23.9. The SMILES string of the molecule is CCSC1=NC2(CCN(C(=O)Nc3ccc(OC)cc3OC)CC2)N=C1c1ccc(OC)cc1. The number of thioether (sulfide) groups is 1. The number of anilines is 1. The number of aliphatic imine (C=N–C) groups is 2. The highest BCUT2D eigenvalue weighted by Crippen LogP contribution is 2.36. The van der Waals surface area contributed by atoms with Crippen molar-refractivity contribution in [3.05, 3.63) is 48.0 Å². The van der Waals surface area contributed by atoms with Gasteiger partial charge in [-0.05, 0) is 42.2 Å². The zero-order chi connectivity index (χ0) is 24.1. The number of carbonyl (C=O) groups excluding carboxylic acids is 1. The maximum atomic E-state index is 12.9. The van der Waals surface area contributed by atoms with Crippen LogP contribution in [0.25, 0.3) is 0 Å². The van der Waals surface area contributed by atoms with E-state index >= 15 is 0 Å². The van der Waals surface area contributed by atoms with Gasteiger partial charge in [0.05, 0.1) is 32.7 Å². The van der Waals surface area contributed by atoms with Crippen molar-refractivity contribution in [3.63, 3.8) is 0 Å². The molecule has 2 amide bonds. The molecule has 9 heteroatoms. The van der Waals surface area contributed by atoms with E-state index in [2.05, 4.69) is 12.2 Å². The topological polar surface area (TPSA) is 84.8 Å². The van der Waals surface area contributed by atoms with Gasteiger partial charge in [0.25, 0.3) is 0 Å². The summed E-state index contributed by atoms with van der Waals surface area (Å²) in [6, 6.07) is 13.1. The fourth-order valence-corrected chi connectivity index (χ4v) is 4.89. The van der Waals surface area contributed by atoms with Crippen molar-refractivity contribution >= 4 is 34.2 Å². The predicted molar refractivity (Wildman–Crippen MR) is 137 cm³/mol. The average Bonchev–Trinajstić information content (AvgIpc) is 3.22. The van der Waals surface area contributed by atoms with Crippen LogP contribution in [0.3, 0.4) is 0 Å². The number of benzene rings is 2. The van der Waals surface area contributed by atoms with Gasteiger partial charge in [0.2, 0.25) is 0 Å². The van der Waals surface area contributed by atoms with Crippen LogP contribution in [0.5, 0.6) is 17.2 Å². The molecule has 1 saturated heterocycles. The molecule has 0 atom stereocenters. The molecule has 2 aromatic carbocycles. The molecule has 0 radical (unpaired) electrons. The van der Waals surface area contributed by atoms with Crippen molar-refractivity contribution in [2.45, 2.75) is 25.4 Å². The number of amides is 2. The molecule has 0 aliphatic carbocycles. The molecule has 4 rings (SSSR count). The smallest absolute Gasteiger partial charge is 0.321 e. The summed E-state index contributed by atoms with van der Waals surface area (Å²) in [4.78, 5) is 24.9. The molecule has 1 N–H and O–H groups in total. The fourth-order valence-electron chi connectivity index (χ4n) is 4.08. The van der Waals surface area contributed by atoms with Crippen LogP contribution < -0.4 is 19.5 Å². The second-order valence-corrected chi connectivity index (χ2v) is 9.26. The normalized spacial score (nSPS) is 16.6. The van der Waals surface area contributed by atoms with Crippen molar-refractivity contribution < 1.29 is 19.0 Å². The first-order valence-corrected chi connectivity index (χ1v) is 12.2. The number of carbonyl (C=O) groups is 1. The molecule has 0 bridgehead atoms. The number of likely N-dealkylation sites (tertiary alicyclic amines) is 1. The molecular weight excluding hydrogens is 452 g/mol. The third kappa shape index (κ3) is 4.99. The van der Waals surface area contributed by atoms with Crippen LogP contribution in [0.1, 0.15) is 25.3 Å². The number of rotatable bonds is 6. The lowest BCUT2D eigenvalue weighted by molar-refractivity contribution is 0.175. The Morgan fingerprint density at radius 2 is 1.68 bits per heavy atom. The van der Waals surface area contributed by atoms with Gasteiger partial charge < -0.3 is 24.4 Å². The molecule has 2 aliphatic rings. The molecule has 0 aromatic heterocycles. The van der Waals surface area contributed by atoms with Gasteiger partial charge in [0.1, 0.15) is 22.3 Å². The summed E-state index contributed by atoms with van der Waals surface area (Å²) in [6.07, 6.45) is 1.35. The molecule has 8 nitrogen and oxygen atoms in total. The van der Waals surface area contributed by atoms with Crippen LogP contribution in [0.2, 0.25) is 0 Å². The Kier molecular flexibility index (Phi) is 7.31. The van der Waals surface area contributed by atoms with E-state index in [1.807, 2.05) is 24.3 Å². The van der Waals surface area contributed by atoms with Crippen molar-refractivity contribution in [1.29, 1.82) is 0 Å². The van der Waals surface area contributed by atoms with Crippen molar-refractivity contribution in [2.75, 3.05) is 45.5 Å². The Hall–Kier alpha value is -3.20. The first-order valence-electron chi connectivity index (χ1n) is 11.3. The summed E-state index contributed by atoms with van der Waals surface area (Å²) in [7, 11) is 4.82. The summed E-state index contributed by atoms with van der Waals surface area (Å²) in [6.45, 7) is 3.25. The van der Waals surface area contributed by atoms with Crippen LogP contribution in [-0.2, 0) is 0 Å². The lowest BCUT2D eigenvalue weighted by Crippen LogP contribution is -2.46. The Morgan fingerprint density at radius 3 is 2.29 bits per heavy atom. The molecule has 2 aromatic rings. The molecule has 2 heterocycles. The number of methoxy groups -OCH3 is 3. The molecule has 2 aliphatic heterocycles. The lowest BCUT2D eigenvalue weighted by Gasteiger charge is -2.35. The first-order chi connectivity index (χ1) is 16.5. The molecule has 180 valence electrons. The van der Waals surface area contributed by atoms with E-state index in [9.17, 15) is 4.79 Å². The highest BCUT2D eigenvalue weighted by molar-refractivity contribution is 8.15. The summed E-state index contributed by atoms with van der Waals surface area (Å²) in [5.74, 6) is 2.95. The Bertz CT molecular complexity index is 1090. The minimum Gasteiger partial charge on any atom is -0.497 e. The van der Waals surface area contributed by atoms with E-state index in [0.29, 0.717) is 43.1 Å². The van der Waals surface area contributed by atoms with Gasteiger partial charge in [-0.25, -0.2) is 9.79 Å². The largest absolute Gasteiger partial charge is 0.497 e. The van der Waals surface area contributed by atoms with Gasteiger partial charge in [0.15, 0.2) is 5.66 Å². The highest BCUT2D eigenvalue weighted by atomic mass is 32.2. The zero-order valence-electron chi connectivity index (χ0n) is 20.0. The Morgan fingerprint density at radius 1 is 1.00 bits per heavy atom. The number of ether oxygens (including phenoxy) is 3. The van der Waals surface area contributed by atoms with Crippen LogP contribution in [0, 0.1) is 0 Å². The average molecular weight is 483 g/mol. The second kappa shape index (κ2) is 10.4. The maximum Gasteiger partial charge on any atom is 0.321 e. The molecule has 0 saturated carbocycles. The van der Waals surface area contributed by atoms with E-state index < -0.39 is 5.66 Å². The third-order valence-corrected chi connectivity index (χ3v) is 6.83. The van der Waals surface area contributed by atoms with Gasteiger partial charge in [-0.3, -0.25) is 4.99 Å². The summed E-state index contributed by atoms with van der Waals surface area (Å²) in [5, 5.41) is 3.92. The predicted octanol–water partition coefficient (Wildman–Crippen LogP) is 4.69. The Balaban J connectivity index is 1.46. The minimum absolute atomic E-state index is 0.164. The highest BCUT2D eigenvalue weighted by Gasteiger charge is 2.40. The third-order valence-electron chi connectivity index (χ3n) is 5.98. The van der Waals surface area contributed by atoms with Gasteiger partial charge in [-0.1, -0.05) is 6.92 Å². The number of nitrogens with zero attached hydrogens (tertiary/aromatic N) is 3. The molecule has 1 fully saturated rings. The quantitative estimate of drug-likeness (QED) is 0.646. The Labute approximate surface area is 204 Å². The standard InChI is InChI=1S/C25H30N4O4S/c1-5-34-23-22(17-6-8-18(31-2)9-7-17)27-25(28-23)12-14-29(15-13-25)24(30)26-20-11-10-19(32-3)16-21(20)33-4/h6-11,16H,5,12-15H2,1-4H3,(H,26,30). The van der Waals surface area contributed by atoms with Gasteiger partial charge in [-0.15, -0.1) is 11.8 Å². The van der Waals surface area contributed by atoms with Crippen LogP contribution in [0.4, 0.5) is 10.5 Å². The number of piperidine rings is 1. The molecule has 1 spiro atoms. The van der Waals surface area contributed by atoms with Gasteiger partial charge in [-0.2, -0.15) is 0 Å². The summed E-state index contributed by atoms with van der Waals surface area (Å²) < 4.78 is 15.9. The number of nitrogens with one attached hydrogen (secondary N) is 1. The summed E-state index contributed by atoms with van der Waals surface area (Å²) >= 11 is 1.71.